The fourth-order valence-electron chi connectivity index (χ4n) is 1.64. The summed E-state index contributed by atoms with van der Waals surface area (Å²) in [6.45, 7) is 0. The van der Waals surface area contributed by atoms with Gasteiger partial charge < -0.3 is 4.74 Å². The van der Waals surface area contributed by atoms with Crippen LogP contribution in [0, 0.1) is 18.3 Å². The molecular weight excluding hydrogens is 200 g/mol. The van der Waals surface area contributed by atoms with E-state index in [2.05, 4.69) is 12.0 Å². The Morgan fingerprint density at radius 3 is 3.06 bits per heavy atom. The number of carbonyl (C=O) groups excluding carboxylic acids is 1. The van der Waals surface area contributed by atoms with E-state index in [1.54, 1.807) is 0 Å². The molecule has 0 heterocycles. The Kier molecular flexibility index (Phi) is 5.15. The molecule has 0 fully saturated rings. The first-order valence-corrected chi connectivity index (χ1v) is 5.30. The quantitative estimate of drug-likeness (QED) is 0.533. The molecule has 84 valence electrons. The van der Waals surface area contributed by atoms with Crippen LogP contribution in [-0.4, -0.2) is 13.1 Å². The molecule has 1 rings (SSSR count). The molecule has 1 aliphatic carbocycles. The minimum Gasteiger partial charge on any atom is -0.469 e. The normalized spacial score (nSPS) is 15.9. The molecule has 0 aromatic carbocycles. The van der Waals surface area contributed by atoms with E-state index in [1.807, 2.05) is 24.3 Å². The van der Waals surface area contributed by atoms with Gasteiger partial charge in [0.15, 0.2) is 0 Å². The average molecular weight is 216 g/mol. The van der Waals surface area contributed by atoms with Crippen molar-refractivity contribution in [3.05, 3.63) is 36.0 Å². The van der Waals surface area contributed by atoms with E-state index in [0.29, 0.717) is 12.8 Å². The van der Waals surface area contributed by atoms with Crippen molar-refractivity contribution in [2.45, 2.75) is 19.3 Å². The van der Waals surface area contributed by atoms with Gasteiger partial charge in [0.2, 0.25) is 0 Å². The van der Waals surface area contributed by atoms with Gasteiger partial charge in [0, 0.05) is 6.42 Å². The van der Waals surface area contributed by atoms with Crippen LogP contribution in [-0.2, 0) is 9.53 Å². The maximum absolute atomic E-state index is 11.5. The predicted octanol–water partition coefficient (Wildman–Crippen LogP) is 2.63. The molecule has 0 aromatic rings. The summed E-state index contributed by atoms with van der Waals surface area (Å²) in [7, 11) is 1.40. The molecule has 0 bridgehead atoms. The molecule has 1 unspecified atom stereocenters. The molecule has 16 heavy (non-hydrogen) atoms. The molecule has 2 heteroatoms. The fraction of sp³-hybridized carbons (Fsp3) is 0.357. The third-order valence-electron chi connectivity index (χ3n) is 2.48. The van der Waals surface area contributed by atoms with Crippen molar-refractivity contribution in [1.82, 2.24) is 0 Å². The molecule has 0 radical (unpaired) electrons. The number of rotatable bonds is 4. The average Bonchev–Trinajstić information content (AvgIpc) is 2.56. The van der Waals surface area contributed by atoms with Crippen molar-refractivity contribution >= 4 is 5.97 Å². The summed E-state index contributed by atoms with van der Waals surface area (Å²) in [4.78, 5) is 11.5. The fourth-order valence-corrected chi connectivity index (χ4v) is 1.64. The Labute approximate surface area is 96.7 Å². The summed E-state index contributed by atoms with van der Waals surface area (Å²) in [5.41, 5.74) is 1.20. The Bertz CT molecular complexity index is 367. The largest absolute Gasteiger partial charge is 0.469 e. The van der Waals surface area contributed by atoms with Gasteiger partial charge in [-0.1, -0.05) is 36.0 Å². The van der Waals surface area contributed by atoms with E-state index >= 15 is 0 Å². The highest BCUT2D eigenvalue weighted by Gasteiger charge is 2.19. The van der Waals surface area contributed by atoms with Crippen LogP contribution < -0.4 is 0 Å². The molecule has 0 saturated heterocycles. The SMILES string of the molecule is C#CCC(CC1=CC=CC=CC1)C(=O)OC. The summed E-state index contributed by atoms with van der Waals surface area (Å²) in [6, 6.07) is 0. The highest BCUT2D eigenvalue weighted by atomic mass is 16.5. The smallest absolute Gasteiger partial charge is 0.309 e. The second-order valence-corrected chi connectivity index (χ2v) is 3.67. The van der Waals surface area contributed by atoms with E-state index in [-0.39, 0.29) is 11.9 Å². The molecule has 0 aliphatic heterocycles. The van der Waals surface area contributed by atoms with Gasteiger partial charge in [0.05, 0.1) is 13.0 Å². The number of carbonyl (C=O) groups is 1. The van der Waals surface area contributed by atoms with Crippen molar-refractivity contribution in [3.8, 4) is 12.3 Å². The topological polar surface area (TPSA) is 26.3 Å². The van der Waals surface area contributed by atoms with Crippen LogP contribution in [0.4, 0.5) is 0 Å². The van der Waals surface area contributed by atoms with Crippen LogP contribution >= 0.6 is 0 Å². The lowest BCUT2D eigenvalue weighted by Gasteiger charge is -2.13. The first kappa shape index (κ1) is 12.3. The molecule has 0 aromatic heterocycles. The van der Waals surface area contributed by atoms with E-state index in [1.165, 1.54) is 12.7 Å². The van der Waals surface area contributed by atoms with Crippen LogP contribution in [0.3, 0.4) is 0 Å². The lowest BCUT2D eigenvalue weighted by molar-refractivity contribution is -0.145. The lowest BCUT2D eigenvalue weighted by Crippen LogP contribution is -2.16. The summed E-state index contributed by atoms with van der Waals surface area (Å²) in [6.07, 6.45) is 17.3. The number of hydrogen-bond donors (Lipinski definition) is 0. The molecule has 2 nitrogen and oxygen atoms in total. The number of hydrogen-bond acceptors (Lipinski definition) is 2. The number of ether oxygens (including phenoxy) is 1. The molecule has 0 spiro atoms. The minimum absolute atomic E-state index is 0.221. The van der Waals surface area contributed by atoms with E-state index in [4.69, 9.17) is 11.2 Å². The van der Waals surface area contributed by atoms with Crippen LogP contribution in [0.25, 0.3) is 0 Å². The van der Waals surface area contributed by atoms with Gasteiger partial charge >= 0.3 is 5.97 Å². The van der Waals surface area contributed by atoms with Crippen LogP contribution in [0.15, 0.2) is 36.0 Å². The van der Waals surface area contributed by atoms with Gasteiger partial charge in [-0.2, -0.15) is 0 Å². The lowest BCUT2D eigenvalue weighted by atomic mass is 9.94. The zero-order valence-electron chi connectivity index (χ0n) is 9.48. The van der Waals surface area contributed by atoms with E-state index in [9.17, 15) is 4.79 Å². The van der Waals surface area contributed by atoms with Crippen molar-refractivity contribution in [2.24, 2.45) is 5.92 Å². The first-order valence-electron chi connectivity index (χ1n) is 5.30. The number of allylic oxidation sites excluding steroid dienone is 6. The predicted molar refractivity (Wildman–Crippen MR) is 64.6 cm³/mol. The molecule has 0 N–H and O–H groups in total. The Morgan fingerprint density at radius 2 is 2.38 bits per heavy atom. The van der Waals surface area contributed by atoms with Crippen molar-refractivity contribution in [3.63, 3.8) is 0 Å². The number of methoxy groups -OCH3 is 1. The third kappa shape index (κ3) is 3.78. The minimum atomic E-state index is -0.226. The maximum atomic E-state index is 11.5. The highest BCUT2D eigenvalue weighted by molar-refractivity contribution is 5.73. The van der Waals surface area contributed by atoms with Gasteiger partial charge in [-0.15, -0.1) is 12.3 Å². The standard InChI is InChI=1S/C14H16O2/c1-3-8-13(14(15)16-2)11-12-9-6-4-5-7-10-12/h1,4-7,9,13H,8,10-11H2,2H3. The van der Waals surface area contributed by atoms with Crippen molar-refractivity contribution in [2.75, 3.05) is 7.11 Å². The molecular formula is C14H16O2. The molecule has 1 atom stereocenters. The number of terminal acetylenes is 1. The summed E-state index contributed by atoms with van der Waals surface area (Å²) in [5, 5.41) is 0. The Hall–Kier alpha value is -1.75. The summed E-state index contributed by atoms with van der Waals surface area (Å²) >= 11 is 0. The van der Waals surface area contributed by atoms with Crippen LogP contribution in [0.5, 0.6) is 0 Å². The van der Waals surface area contributed by atoms with Crippen LogP contribution in [0.1, 0.15) is 19.3 Å². The Morgan fingerprint density at radius 1 is 1.56 bits per heavy atom. The maximum Gasteiger partial charge on any atom is 0.309 e. The second kappa shape index (κ2) is 6.68. The zero-order chi connectivity index (χ0) is 11.8. The van der Waals surface area contributed by atoms with Crippen molar-refractivity contribution < 1.29 is 9.53 Å². The van der Waals surface area contributed by atoms with Gasteiger partial charge in [-0.25, -0.2) is 0 Å². The molecule has 1 aliphatic rings. The van der Waals surface area contributed by atoms with E-state index < -0.39 is 0 Å². The molecule has 0 amide bonds. The summed E-state index contributed by atoms with van der Waals surface area (Å²) in [5.74, 6) is 2.08. The first-order chi connectivity index (χ1) is 7.77. The highest BCUT2D eigenvalue weighted by Crippen LogP contribution is 2.20. The summed E-state index contributed by atoms with van der Waals surface area (Å²) < 4.78 is 4.74. The van der Waals surface area contributed by atoms with Gasteiger partial charge in [0.1, 0.15) is 0 Å². The van der Waals surface area contributed by atoms with Crippen molar-refractivity contribution in [1.29, 1.82) is 0 Å². The van der Waals surface area contributed by atoms with Gasteiger partial charge in [-0.05, 0) is 12.8 Å². The van der Waals surface area contributed by atoms with E-state index in [0.717, 1.165) is 6.42 Å². The molecule has 0 saturated carbocycles. The van der Waals surface area contributed by atoms with Gasteiger partial charge in [0.25, 0.3) is 0 Å². The zero-order valence-corrected chi connectivity index (χ0v) is 9.48. The van der Waals surface area contributed by atoms with Gasteiger partial charge in [-0.3, -0.25) is 4.79 Å². The Balaban J connectivity index is 2.64. The third-order valence-corrected chi connectivity index (χ3v) is 2.48. The second-order valence-electron chi connectivity index (χ2n) is 3.67. The van der Waals surface area contributed by atoms with Crippen LogP contribution in [0.2, 0.25) is 0 Å². The monoisotopic (exact) mass is 216 g/mol. The number of esters is 1.